The van der Waals surface area contributed by atoms with E-state index < -0.39 is 11.7 Å². The van der Waals surface area contributed by atoms with Crippen LogP contribution in [0.4, 0.5) is 30.4 Å². The number of phenolic OH excluding ortho intramolecular Hbond substituents is 1. The lowest BCUT2D eigenvalue weighted by atomic mass is 10.1. The number of nitrogens with zero attached hydrogens (tertiary/aromatic N) is 1. The van der Waals surface area contributed by atoms with Crippen LogP contribution in [0.2, 0.25) is 0 Å². The third-order valence-electron chi connectivity index (χ3n) is 3.41. The molecule has 0 atom stereocenters. The Morgan fingerprint density at radius 1 is 1.00 bits per heavy atom. The summed E-state index contributed by atoms with van der Waals surface area (Å²) in [4.78, 5) is 3.59. The number of benzene rings is 2. The Kier molecular flexibility index (Phi) is 3.48. The first-order valence-electron chi connectivity index (χ1n) is 6.67. The summed E-state index contributed by atoms with van der Waals surface area (Å²) in [6.07, 6.45) is -3.82. The van der Waals surface area contributed by atoms with E-state index in [9.17, 15) is 18.3 Å². The molecule has 4 nitrogen and oxygen atoms in total. The van der Waals surface area contributed by atoms with E-state index in [1.165, 1.54) is 6.07 Å². The van der Waals surface area contributed by atoms with Crippen LogP contribution < -0.4 is 11.1 Å². The monoisotopic (exact) mass is 319 g/mol. The Labute approximate surface area is 129 Å². The van der Waals surface area contributed by atoms with Gasteiger partial charge in [-0.3, -0.25) is 0 Å². The minimum absolute atomic E-state index is 0.0462. The molecule has 0 aliphatic carbocycles. The SMILES string of the molecule is Nc1ncc(C(F)(F)F)cc1Nc1cccc2c(O)cccc12. The van der Waals surface area contributed by atoms with Crippen molar-refractivity contribution in [2.45, 2.75) is 6.18 Å². The summed E-state index contributed by atoms with van der Waals surface area (Å²) in [5.41, 5.74) is 5.34. The maximum Gasteiger partial charge on any atom is 0.417 e. The summed E-state index contributed by atoms with van der Waals surface area (Å²) in [6, 6.07) is 10.9. The molecule has 0 fully saturated rings. The zero-order valence-electron chi connectivity index (χ0n) is 11.7. The van der Waals surface area contributed by atoms with E-state index in [4.69, 9.17) is 5.73 Å². The molecule has 1 heterocycles. The Hall–Kier alpha value is -2.96. The Morgan fingerprint density at radius 2 is 1.70 bits per heavy atom. The van der Waals surface area contributed by atoms with E-state index >= 15 is 0 Å². The highest BCUT2D eigenvalue weighted by atomic mass is 19.4. The van der Waals surface area contributed by atoms with Crippen molar-refractivity contribution < 1.29 is 18.3 Å². The number of nitrogens with one attached hydrogen (secondary N) is 1. The standard InChI is InChI=1S/C16H12F3N3O/c17-16(18,19)9-7-13(15(20)21-8-9)22-12-5-1-4-11-10(12)3-2-6-14(11)23/h1-8,22-23H,(H2,20,21). The van der Waals surface area contributed by atoms with Crippen LogP contribution in [-0.2, 0) is 6.18 Å². The number of rotatable bonds is 2. The number of halogens is 3. The van der Waals surface area contributed by atoms with Crippen molar-refractivity contribution in [2.75, 3.05) is 11.1 Å². The number of aromatic hydroxyl groups is 1. The van der Waals surface area contributed by atoms with E-state index in [-0.39, 0.29) is 17.3 Å². The molecule has 23 heavy (non-hydrogen) atoms. The number of nitrogens with two attached hydrogens (primary N) is 1. The number of phenols is 1. The Morgan fingerprint density at radius 3 is 2.43 bits per heavy atom. The van der Waals surface area contributed by atoms with Gasteiger partial charge in [0.2, 0.25) is 0 Å². The van der Waals surface area contributed by atoms with Gasteiger partial charge in [0.05, 0.1) is 11.3 Å². The first-order valence-corrected chi connectivity index (χ1v) is 6.67. The van der Waals surface area contributed by atoms with Crippen LogP contribution in [0.3, 0.4) is 0 Å². The lowest BCUT2D eigenvalue weighted by molar-refractivity contribution is -0.137. The molecule has 0 radical (unpaired) electrons. The van der Waals surface area contributed by atoms with Crippen LogP contribution in [-0.4, -0.2) is 10.1 Å². The molecule has 0 aliphatic rings. The Bertz CT molecular complexity index is 878. The van der Waals surface area contributed by atoms with Gasteiger partial charge in [0, 0.05) is 22.7 Å². The highest BCUT2D eigenvalue weighted by Gasteiger charge is 2.31. The summed E-state index contributed by atoms with van der Waals surface area (Å²) in [6.45, 7) is 0. The number of hydrogen-bond acceptors (Lipinski definition) is 4. The molecule has 2 aromatic carbocycles. The van der Waals surface area contributed by atoms with Crippen molar-refractivity contribution >= 4 is 28.0 Å². The predicted molar refractivity (Wildman–Crippen MR) is 82.5 cm³/mol. The molecule has 0 amide bonds. The second-order valence-electron chi connectivity index (χ2n) is 4.96. The number of fused-ring (bicyclic) bond motifs is 1. The maximum absolute atomic E-state index is 12.8. The topological polar surface area (TPSA) is 71.2 Å². The van der Waals surface area contributed by atoms with Gasteiger partial charge in [-0.2, -0.15) is 13.2 Å². The molecule has 3 rings (SSSR count). The minimum atomic E-state index is -4.51. The van der Waals surface area contributed by atoms with Gasteiger partial charge in [0.15, 0.2) is 0 Å². The van der Waals surface area contributed by atoms with Crippen molar-refractivity contribution in [2.24, 2.45) is 0 Å². The second-order valence-corrected chi connectivity index (χ2v) is 4.96. The van der Waals surface area contributed by atoms with Gasteiger partial charge in [-0.25, -0.2) is 4.98 Å². The molecule has 4 N–H and O–H groups in total. The van der Waals surface area contributed by atoms with Crippen LogP contribution in [0.25, 0.3) is 10.8 Å². The summed E-state index contributed by atoms with van der Waals surface area (Å²) < 4.78 is 38.4. The van der Waals surface area contributed by atoms with Crippen LogP contribution >= 0.6 is 0 Å². The molecule has 0 saturated carbocycles. The fourth-order valence-electron chi connectivity index (χ4n) is 2.28. The van der Waals surface area contributed by atoms with Gasteiger partial charge in [-0.15, -0.1) is 0 Å². The smallest absolute Gasteiger partial charge is 0.417 e. The molecule has 1 aromatic heterocycles. The molecular formula is C16H12F3N3O. The summed E-state index contributed by atoms with van der Waals surface area (Å²) in [5.74, 6) is 0.0384. The van der Waals surface area contributed by atoms with Crippen molar-refractivity contribution in [1.82, 2.24) is 4.98 Å². The zero-order chi connectivity index (χ0) is 16.6. The third-order valence-corrected chi connectivity index (χ3v) is 3.41. The average molecular weight is 319 g/mol. The zero-order valence-corrected chi connectivity index (χ0v) is 11.7. The highest BCUT2D eigenvalue weighted by molar-refractivity contribution is 5.99. The van der Waals surface area contributed by atoms with Crippen LogP contribution in [0.1, 0.15) is 5.56 Å². The van der Waals surface area contributed by atoms with E-state index in [1.54, 1.807) is 30.3 Å². The van der Waals surface area contributed by atoms with Crippen LogP contribution in [0.15, 0.2) is 48.7 Å². The molecule has 0 bridgehead atoms. The molecule has 0 saturated heterocycles. The largest absolute Gasteiger partial charge is 0.507 e. The highest BCUT2D eigenvalue weighted by Crippen LogP contribution is 2.35. The van der Waals surface area contributed by atoms with Gasteiger partial charge < -0.3 is 16.2 Å². The number of alkyl halides is 3. The maximum atomic E-state index is 12.8. The van der Waals surface area contributed by atoms with Crippen molar-refractivity contribution in [3.05, 3.63) is 54.2 Å². The van der Waals surface area contributed by atoms with E-state index in [0.29, 0.717) is 22.7 Å². The molecule has 118 valence electrons. The molecular weight excluding hydrogens is 307 g/mol. The lowest BCUT2D eigenvalue weighted by Gasteiger charge is -2.14. The minimum Gasteiger partial charge on any atom is -0.507 e. The van der Waals surface area contributed by atoms with Crippen LogP contribution in [0.5, 0.6) is 5.75 Å². The summed E-state index contributed by atoms with van der Waals surface area (Å²) >= 11 is 0. The van der Waals surface area contributed by atoms with E-state index in [1.807, 2.05) is 0 Å². The number of anilines is 3. The van der Waals surface area contributed by atoms with Crippen molar-refractivity contribution in [3.8, 4) is 5.75 Å². The summed E-state index contributed by atoms with van der Waals surface area (Å²) in [7, 11) is 0. The second kappa shape index (κ2) is 5.35. The van der Waals surface area contributed by atoms with Gasteiger partial charge in [-0.1, -0.05) is 24.3 Å². The van der Waals surface area contributed by atoms with Crippen LogP contribution in [0, 0.1) is 0 Å². The third kappa shape index (κ3) is 2.85. The first-order chi connectivity index (χ1) is 10.9. The fraction of sp³-hybridized carbons (Fsp3) is 0.0625. The summed E-state index contributed by atoms with van der Waals surface area (Å²) in [5, 5.41) is 13.9. The molecule has 0 aliphatic heterocycles. The fourth-order valence-corrected chi connectivity index (χ4v) is 2.28. The van der Waals surface area contributed by atoms with E-state index in [2.05, 4.69) is 10.3 Å². The van der Waals surface area contributed by atoms with Gasteiger partial charge in [-0.05, 0) is 18.2 Å². The Balaban J connectivity index is 2.08. The number of nitrogen functional groups attached to an aromatic ring is 1. The van der Waals surface area contributed by atoms with Gasteiger partial charge >= 0.3 is 6.18 Å². The number of pyridine rings is 1. The number of hydrogen-bond donors (Lipinski definition) is 3. The molecule has 3 aromatic rings. The number of aromatic nitrogens is 1. The lowest BCUT2D eigenvalue weighted by Crippen LogP contribution is -2.08. The average Bonchev–Trinajstić information content (AvgIpc) is 2.49. The molecule has 7 heteroatoms. The van der Waals surface area contributed by atoms with E-state index in [0.717, 1.165) is 6.07 Å². The van der Waals surface area contributed by atoms with Crippen molar-refractivity contribution in [3.63, 3.8) is 0 Å². The molecule has 0 spiro atoms. The van der Waals surface area contributed by atoms with Gasteiger partial charge in [0.1, 0.15) is 11.6 Å². The normalized spacial score (nSPS) is 11.6. The first kappa shape index (κ1) is 15.0. The quantitative estimate of drug-likeness (QED) is 0.659. The predicted octanol–water partition coefficient (Wildman–Crippen LogP) is 4.29. The van der Waals surface area contributed by atoms with Gasteiger partial charge in [0.25, 0.3) is 0 Å². The molecule has 0 unspecified atom stereocenters. The van der Waals surface area contributed by atoms with Crippen molar-refractivity contribution in [1.29, 1.82) is 0 Å².